The summed E-state index contributed by atoms with van der Waals surface area (Å²) < 4.78 is 4.57. The van der Waals surface area contributed by atoms with Crippen LogP contribution in [0.3, 0.4) is 0 Å². The number of carboxylic acids is 1. The molecule has 0 aliphatic rings. The molecule has 0 spiro atoms. The van der Waals surface area contributed by atoms with Crippen LogP contribution in [0.5, 0.6) is 0 Å². The maximum Gasteiger partial charge on any atom is 0.303 e. The van der Waals surface area contributed by atoms with Gasteiger partial charge < -0.3 is 5.11 Å². The van der Waals surface area contributed by atoms with Gasteiger partial charge in [-0.3, -0.25) is 4.79 Å². The van der Waals surface area contributed by atoms with Crippen LogP contribution < -0.4 is 4.57 Å². The van der Waals surface area contributed by atoms with E-state index >= 15 is 0 Å². The molecule has 0 radical (unpaired) electrons. The van der Waals surface area contributed by atoms with Gasteiger partial charge in [0, 0.05) is 6.42 Å². The van der Waals surface area contributed by atoms with Crippen molar-refractivity contribution < 1.29 is 14.5 Å². The van der Waals surface area contributed by atoms with Crippen LogP contribution in [0.15, 0.2) is 18.7 Å². The van der Waals surface area contributed by atoms with E-state index in [-0.39, 0.29) is 0 Å². The number of aliphatic carboxylic acids is 1. The van der Waals surface area contributed by atoms with Crippen molar-refractivity contribution in [2.75, 3.05) is 0 Å². The van der Waals surface area contributed by atoms with E-state index < -0.39 is 5.97 Å². The molecular formula is C18H33N2O2+. The summed E-state index contributed by atoms with van der Waals surface area (Å²) in [6, 6.07) is 0. The Morgan fingerprint density at radius 1 is 1.00 bits per heavy atom. The Hall–Kier alpha value is -1.32. The average Bonchev–Trinajstić information content (AvgIpc) is 2.94. The quantitative estimate of drug-likeness (QED) is 0.414. The second kappa shape index (κ2) is 12.2. The Labute approximate surface area is 135 Å². The number of hydrogen-bond acceptors (Lipinski definition) is 1. The molecule has 0 bridgehead atoms. The molecule has 0 fully saturated rings. The van der Waals surface area contributed by atoms with Gasteiger partial charge in [0.2, 0.25) is 6.33 Å². The number of unbranched alkanes of at least 4 members (excludes halogenated alkanes) is 8. The highest BCUT2D eigenvalue weighted by atomic mass is 16.4. The van der Waals surface area contributed by atoms with Crippen LogP contribution in [0.25, 0.3) is 0 Å². The monoisotopic (exact) mass is 309 g/mol. The van der Waals surface area contributed by atoms with Crippen molar-refractivity contribution >= 4 is 5.97 Å². The first-order chi connectivity index (χ1) is 10.7. The van der Waals surface area contributed by atoms with E-state index in [1.807, 2.05) is 0 Å². The highest BCUT2D eigenvalue weighted by Gasteiger charge is 2.02. The van der Waals surface area contributed by atoms with Crippen LogP contribution in [0.2, 0.25) is 0 Å². The molecule has 0 aliphatic carbocycles. The van der Waals surface area contributed by atoms with Gasteiger partial charge >= 0.3 is 5.97 Å². The summed E-state index contributed by atoms with van der Waals surface area (Å²) >= 11 is 0. The van der Waals surface area contributed by atoms with Crippen LogP contribution in [0, 0.1) is 0 Å². The molecule has 0 unspecified atom stereocenters. The lowest BCUT2D eigenvalue weighted by Crippen LogP contribution is -2.30. The van der Waals surface area contributed by atoms with Gasteiger partial charge in [-0.2, -0.15) is 0 Å². The van der Waals surface area contributed by atoms with Crippen molar-refractivity contribution in [3.05, 3.63) is 18.7 Å². The standard InChI is InChI=1S/C18H32N2O2/c1-2-3-13-19-15-16-20(17-19)14-11-9-7-5-4-6-8-10-12-18(21)22/h15-17H,2-14H2,1H3/p+1. The van der Waals surface area contributed by atoms with Gasteiger partial charge in [-0.15, -0.1) is 0 Å². The van der Waals surface area contributed by atoms with Crippen LogP contribution >= 0.6 is 0 Å². The number of carboxylic acid groups (broad SMARTS) is 1. The van der Waals surface area contributed by atoms with Crippen molar-refractivity contribution in [2.45, 2.75) is 90.6 Å². The highest BCUT2D eigenvalue weighted by molar-refractivity contribution is 5.66. The summed E-state index contributed by atoms with van der Waals surface area (Å²) in [4.78, 5) is 10.4. The summed E-state index contributed by atoms with van der Waals surface area (Å²) in [6.07, 6.45) is 18.9. The number of carbonyl (C=O) groups is 1. The predicted octanol–water partition coefficient (Wildman–Crippen LogP) is 4.17. The number of aryl methyl sites for hydroxylation is 2. The molecule has 0 aromatic carbocycles. The highest BCUT2D eigenvalue weighted by Crippen LogP contribution is 2.09. The van der Waals surface area contributed by atoms with E-state index in [1.54, 1.807) is 0 Å². The zero-order valence-electron chi connectivity index (χ0n) is 14.2. The minimum Gasteiger partial charge on any atom is -0.481 e. The lowest BCUT2D eigenvalue weighted by molar-refractivity contribution is -0.696. The molecule has 0 saturated carbocycles. The SMILES string of the molecule is CCCCn1cc[n+](CCCCCCCCCCC(=O)O)c1. The Morgan fingerprint density at radius 2 is 1.64 bits per heavy atom. The molecule has 1 heterocycles. The number of nitrogens with zero attached hydrogens (tertiary/aromatic N) is 2. The fraction of sp³-hybridized carbons (Fsp3) is 0.778. The van der Waals surface area contributed by atoms with Crippen molar-refractivity contribution in [1.82, 2.24) is 4.57 Å². The first-order valence-corrected chi connectivity index (χ1v) is 8.99. The summed E-state index contributed by atoms with van der Waals surface area (Å²) in [5.74, 6) is -0.666. The molecule has 0 aliphatic heterocycles. The zero-order valence-corrected chi connectivity index (χ0v) is 14.2. The van der Waals surface area contributed by atoms with Crippen molar-refractivity contribution in [3.8, 4) is 0 Å². The fourth-order valence-corrected chi connectivity index (χ4v) is 2.68. The Bertz CT molecular complexity index is 402. The summed E-state index contributed by atoms with van der Waals surface area (Å²) in [5, 5.41) is 8.55. The summed E-state index contributed by atoms with van der Waals surface area (Å²) in [7, 11) is 0. The van der Waals surface area contributed by atoms with Gasteiger partial charge in [-0.1, -0.05) is 45.4 Å². The molecular weight excluding hydrogens is 276 g/mol. The first kappa shape index (κ1) is 18.7. The Balaban J connectivity index is 1.90. The molecule has 22 heavy (non-hydrogen) atoms. The molecule has 0 amide bonds. The van der Waals surface area contributed by atoms with E-state index in [9.17, 15) is 4.79 Å². The number of imidazole rings is 1. The normalized spacial score (nSPS) is 11.0. The zero-order chi connectivity index (χ0) is 16.0. The predicted molar refractivity (Wildman–Crippen MR) is 88.7 cm³/mol. The molecule has 1 aromatic heterocycles. The van der Waals surface area contributed by atoms with Crippen molar-refractivity contribution in [2.24, 2.45) is 0 Å². The van der Waals surface area contributed by atoms with Crippen LogP contribution in [0.4, 0.5) is 0 Å². The molecule has 1 aromatic rings. The first-order valence-electron chi connectivity index (χ1n) is 8.99. The van der Waals surface area contributed by atoms with Gasteiger partial charge in [0.1, 0.15) is 12.4 Å². The molecule has 0 saturated heterocycles. The molecule has 1 rings (SSSR count). The van der Waals surface area contributed by atoms with Gasteiger partial charge in [-0.05, 0) is 25.7 Å². The smallest absolute Gasteiger partial charge is 0.303 e. The molecule has 4 heteroatoms. The van der Waals surface area contributed by atoms with Gasteiger partial charge in [0.15, 0.2) is 0 Å². The lowest BCUT2D eigenvalue weighted by atomic mass is 10.1. The average molecular weight is 309 g/mol. The third kappa shape index (κ3) is 9.59. The second-order valence-electron chi connectivity index (χ2n) is 6.21. The number of hydrogen-bond donors (Lipinski definition) is 1. The fourth-order valence-electron chi connectivity index (χ4n) is 2.68. The van der Waals surface area contributed by atoms with E-state index in [0.717, 1.165) is 25.9 Å². The van der Waals surface area contributed by atoms with Crippen LogP contribution in [-0.4, -0.2) is 15.6 Å². The maximum atomic E-state index is 10.4. The van der Waals surface area contributed by atoms with Gasteiger partial charge in [-0.25, -0.2) is 9.13 Å². The van der Waals surface area contributed by atoms with E-state index in [0.29, 0.717) is 6.42 Å². The number of aromatic nitrogens is 2. The lowest BCUT2D eigenvalue weighted by Gasteiger charge is -2.01. The second-order valence-corrected chi connectivity index (χ2v) is 6.21. The largest absolute Gasteiger partial charge is 0.481 e. The van der Waals surface area contributed by atoms with E-state index in [1.165, 1.54) is 51.4 Å². The van der Waals surface area contributed by atoms with Gasteiger partial charge in [0.05, 0.1) is 13.1 Å². The molecule has 4 nitrogen and oxygen atoms in total. The van der Waals surface area contributed by atoms with Crippen molar-refractivity contribution in [3.63, 3.8) is 0 Å². The summed E-state index contributed by atoms with van der Waals surface area (Å²) in [5.41, 5.74) is 0. The van der Waals surface area contributed by atoms with Gasteiger partial charge in [0.25, 0.3) is 0 Å². The summed E-state index contributed by atoms with van der Waals surface area (Å²) in [6.45, 7) is 4.48. The Morgan fingerprint density at radius 3 is 2.27 bits per heavy atom. The minimum absolute atomic E-state index is 0.328. The van der Waals surface area contributed by atoms with E-state index in [2.05, 4.69) is 34.8 Å². The van der Waals surface area contributed by atoms with Crippen LogP contribution in [-0.2, 0) is 17.9 Å². The maximum absolute atomic E-state index is 10.4. The molecule has 126 valence electrons. The molecule has 0 atom stereocenters. The van der Waals surface area contributed by atoms with Crippen LogP contribution in [0.1, 0.15) is 77.6 Å². The van der Waals surface area contributed by atoms with E-state index in [4.69, 9.17) is 5.11 Å². The molecule has 1 N–H and O–H groups in total. The topological polar surface area (TPSA) is 46.1 Å². The number of rotatable bonds is 14. The minimum atomic E-state index is -0.666. The third-order valence-electron chi connectivity index (χ3n) is 4.07. The Kier molecular flexibility index (Phi) is 10.4. The van der Waals surface area contributed by atoms with Crippen molar-refractivity contribution in [1.29, 1.82) is 0 Å². The third-order valence-corrected chi connectivity index (χ3v) is 4.07.